The van der Waals surface area contributed by atoms with Crippen molar-refractivity contribution in [3.05, 3.63) is 36.0 Å². The van der Waals surface area contributed by atoms with Crippen molar-refractivity contribution in [2.75, 3.05) is 6.61 Å². The predicted molar refractivity (Wildman–Crippen MR) is 127 cm³/mol. The lowest BCUT2D eigenvalue weighted by Crippen LogP contribution is -2.63. The third-order valence-corrected chi connectivity index (χ3v) is 8.92. The summed E-state index contributed by atoms with van der Waals surface area (Å²) < 4.78 is 11.1. The van der Waals surface area contributed by atoms with Crippen LogP contribution in [0.3, 0.4) is 0 Å². The Hall–Kier alpha value is -2.83. The second kappa shape index (κ2) is 8.38. The summed E-state index contributed by atoms with van der Waals surface area (Å²) in [5.41, 5.74) is -2.35. The van der Waals surface area contributed by atoms with Gasteiger partial charge in [0.2, 0.25) is 5.78 Å². The summed E-state index contributed by atoms with van der Waals surface area (Å²) >= 11 is 0. The Bertz CT molecular complexity index is 1090. The molecular formula is C28H34O7. The molecule has 0 bridgehead atoms. The maximum Gasteiger partial charge on any atom is 0.309 e. The summed E-state index contributed by atoms with van der Waals surface area (Å²) in [6, 6.07) is 0. The lowest BCUT2D eigenvalue weighted by atomic mass is 9.48. The van der Waals surface area contributed by atoms with Crippen LogP contribution in [0.25, 0.3) is 0 Å². The summed E-state index contributed by atoms with van der Waals surface area (Å²) in [6.07, 6.45) is 9.49. The number of ether oxygens (including phenoxy) is 2. The van der Waals surface area contributed by atoms with Gasteiger partial charge in [-0.2, -0.15) is 0 Å². The first-order valence-corrected chi connectivity index (χ1v) is 12.3. The molecule has 188 valence electrons. The standard InChI is InChI=1S/C28H34O7/c1-15(2)25(33)35-28(23(32)14-34-17(4)29)16(3)11-21-20-8-7-18-12-19(30)9-10-26(18,5)24(20)22(31)13-27(21,28)6/h7-10,12,15-16,20-21,24H,11,13-14H2,1-6H3/t16-,20+,21+,24-,26+,27+,28-/m1/s1. The summed E-state index contributed by atoms with van der Waals surface area (Å²) in [5, 5.41) is 0. The van der Waals surface area contributed by atoms with E-state index in [9.17, 15) is 24.0 Å². The monoisotopic (exact) mass is 482 g/mol. The molecule has 0 spiro atoms. The zero-order chi connectivity index (χ0) is 25.9. The highest BCUT2D eigenvalue weighted by Gasteiger charge is 2.72. The third kappa shape index (κ3) is 3.57. The molecule has 4 aliphatic carbocycles. The maximum absolute atomic E-state index is 13.9. The van der Waals surface area contributed by atoms with Gasteiger partial charge in [0.1, 0.15) is 5.78 Å². The van der Waals surface area contributed by atoms with Gasteiger partial charge in [0.25, 0.3) is 0 Å². The van der Waals surface area contributed by atoms with Crippen LogP contribution in [0, 0.1) is 40.4 Å². The van der Waals surface area contributed by atoms with Crippen LogP contribution >= 0.6 is 0 Å². The highest BCUT2D eigenvalue weighted by Crippen LogP contribution is 2.67. The van der Waals surface area contributed by atoms with Gasteiger partial charge in [-0.25, -0.2) is 0 Å². The Morgan fingerprint density at radius 3 is 2.46 bits per heavy atom. The molecule has 4 aliphatic rings. The molecule has 0 amide bonds. The molecule has 0 N–H and O–H groups in total. The molecule has 0 aromatic rings. The van der Waals surface area contributed by atoms with Gasteiger partial charge in [0.15, 0.2) is 18.0 Å². The first kappa shape index (κ1) is 25.3. The van der Waals surface area contributed by atoms with Gasteiger partial charge < -0.3 is 9.47 Å². The normalized spacial score (nSPS) is 39.5. The fraction of sp³-hybridized carbons (Fsp3) is 0.607. The molecule has 0 radical (unpaired) electrons. The summed E-state index contributed by atoms with van der Waals surface area (Å²) in [7, 11) is 0. The largest absolute Gasteiger partial charge is 0.458 e. The number of Topliss-reactive ketones (excluding diaryl/α,β-unsaturated/α-hetero) is 2. The van der Waals surface area contributed by atoms with Crippen molar-refractivity contribution in [1.29, 1.82) is 0 Å². The van der Waals surface area contributed by atoms with Crippen molar-refractivity contribution in [2.45, 2.75) is 60.0 Å². The SMILES string of the molecule is CC(=O)OCC(=O)[C@]1(OC(=O)C(C)C)[C@H](C)C[C@H]2[C@@H]3C=CC4=CC(=O)C=C[C@]4(C)[C@H]3C(=O)C[C@@]21C. The number of carbonyl (C=O) groups excluding carboxylic acids is 5. The maximum atomic E-state index is 13.9. The highest BCUT2D eigenvalue weighted by molar-refractivity contribution is 6.02. The Balaban J connectivity index is 1.82. The summed E-state index contributed by atoms with van der Waals surface area (Å²) in [5.74, 6) is -3.27. The summed E-state index contributed by atoms with van der Waals surface area (Å²) in [4.78, 5) is 64.1. The minimum absolute atomic E-state index is 0.0233. The molecule has 0 heterocycles. The first-order chi connectivity index (χ1) is 16.3. The van der Waals surface area contributed by atoms with Crippen LogP contribution in [0.2, 0.25) is 0 Å². The van der Waals surface area contributed by atoms with Gasteiger partial charge in [-0.1, -0.05) is 52.8 Å². The van der Waals surface area contributed by atoms with Crippen LogP contribution in [-0.2, 0) is 33.4 Å². The molecule has 0 aromatic carbocycles. The fourth-order valence-corrected chi connectivity index (χ4v) is 7.24. The lowest BCUT2D eigenvalue weighted by Gasteiger charge is -2.55. The molecule has 0 aliphatic heterocycles. The van der Waals surface area contributed by atoms with Crippen molar-refractivity contribution < 1.29 is 33.4 Å². The smallest absolute Gasteiger partial charge is 0.309 e. The first-order valence-electron chi connectivity index (χ1n) is 12.3. The van der Waals surface area contributed by atoms with Gasteiger partial charge in [-0.3, -0.25) is 24.0 Å². The number of hydrogen-bond donors (Lipinski definition) is 0. The van der Waals surface area contributed by atoms with E-state index in [2.05, 4.69) is 0 Å². The fourth-order valence-electron chi connectivity index (χ4n) is 7.24. The molecule has 7 atom stereocenters. The Morgan fingerprint density at radius 2 is 1.83 bits per heavy atom. The van der Waals surface area contributed by atoms with E-state index in [1.807, 2.05) is 39.0 Å². The van der Waals surface area contributed by atoms with Crippen molar-refractivity contribution in [2.24, 2.45) is 40.4 Å². The van der Waals surface area contributed by atoms with E-state index in [1.54, 1.807) is 19.9 Å². The number of fused-ring (bicyclic) bond motifs is 5. The topological polar surface area (TPSA) is 104 Å². The van der Waals surface area contributed by atoms with Crippen LogP contribution in [0.5, 0.6) is 0 Å². The molecule has 7 heteroatoms. The second-order valence-corrected chi connectivity index (χ2v) is 11.4. The van der Waals surface area contributed by atoms with E-state index >= 15 is 0 Å². The molecule has 0 saturated heterocycles. The zero-order valence-corrected chi connectivity index (χ0v) is 21.3. The van der Waals surface area contributed by atoms with Gasteiger partial charge in [0.05, 0.1) is 5.92 Å². The van der Waals surface area contributed by atoms with Crippen LogP contribution in [0.1, 0.15) is 54.4 Å². The number of hydrogen-bond acceptors (Lipinski definition) is 7. The number of rotatable bonds is 5. The lowest BCUT2D eigenvalue weighted by molar-refractivity contribution is -0.198. The van der Waals surface area contributed by atoms with Crippen molar-refractivity contribution in [1.82, 2.24) is 0 Å². The van der Waals surface area contributed by atoms with Crippen LogP contribution in [0.15, 0.2) is 36.0 Å². The van der Waals surface area contributed by atoms with E-state index in [0.29, 0.717) is 6.42 Å². The molecular weight excluding hydrogens is 448 g/mol. The van der Waals surface area contributed by atoms with E-state index in [1.165, 1.54) is 13.0 Å². The van der Waals surface area contributed by atoms with E-state index in [-0.39, 0.29) is 41.7 Å². The van der Waals surface area contributed by atoms with Gasteiger partial charge in [0, 0.05) is 36.0 Å². The predicted octanol–water partition coefficient (Wildman–Crippen LogP) is 3.57. The Labute approximate surface area is 206 Å². The minimum Gasteiger partial charge on any atom is -0.458 e. The van der Waals surface area contributed by atoms with Gasteiger partial charge in [-0.15, -0.1) is 0 Å². The van der Waals surface area contributed by atoms with Gasteiger partial charge in [-0.05, 0) is 36.0 Å². The van der Waals surface area contributed by atoms with Crippen LogP contribution < -0.4 is 0 Å². The number of ketones is 3. The summed E-state index contributed by atoms with van der Waals surface area (Å²) in [6.45, 7) is 9.84. The zero-order valence-electron chi connectivity index (χ0n) is 21.3. The molecule has 2 saturated carbocycles. The molecule has 7 nitrogen and oxygen atoms in total. The quantitative estimate of drug-likeness (QED) is 0.552. The van der Waals surface area contributed by atoms with E-state index < -0.39 is 46.7 Å². The molecule has 4 rings (SSSR count). The highest BCUT2D eigenvalue weighted by atomic mass is 16.6. The van der Waals surface area contributed by atoms with E-state index in [0.717, 1.165) is 5.57 Å². The van der Waals surface area contributed by atoms with E-state index in [4.69, 9.17) is 9.47 Å². The van der Waals surface area contributed by atoms with Crippen molar-refractivity contribution in [3.8, 4) is 0 Å². The molecule has 2 fully saturated rings. The molecule has 0 unspecified atom stereocenters. The van der Waals surface area contributed by atoms with Gasteiger partial charge >= 0.3 is 11.9 Å². The van der Waals surface area contributed by atoms with Crippen molar-refractivity contribution in [3.63, 3.8) is 0 Å². The number of allylic oxidation sites excluding steroid dienone is 6. The average Bonchev–Trinajstić information content (AvgIpc) is 2.99. The minimum atomic E-state index is -1.58. The average molecular weight is 483 g/mol. The second-order valence-electron chi connectivity index (χ2n) is 11.4. The van der Waals surface area contributed by atoms with Crippen molar-refractivity contribution >= 4 is 29.3 Å². The third-order valence-electron chi connectivity index (χ3n) is 8.92. The van der Waals surface area contributed by atoms with Crippen LogP contribution in [0.4, 0.5) is 0 Å². The Morgan fingerprint density at radius 1 is 1.14 bits per heavy atom. The van der Waals surface area contributed by atoms with Crippen LogP contribution in [-0.4, -0.2) is 41.5 Å². The number of carbonyl (C=O) groups is 5. The Kier molecular flexibility index (Phi) is 6.05. The number of esters is 2. The molecule has 0 aromatic heterocycles. The molecule has 35 heavy (non-hydrogen) atoms.